The summed E-state index contributed by atoms with van der Waals surface area (Å²) in [5.41, 5.74) is 0.297. The molecule has 0 aliphatic carbocycles. The zero-order valence-corrected chi connectivity index (χ0v) is 20.5. The molecule has 0 spiro atoms. The molecule has 1 atom stereocenters. The Labute approximate surface area is 209 Å². The quantitative estimate of drug-likeness (QED) is 0.540. The molecule has 5 rings (SSSR count). The lowest BCUT2D eigenvalue weighted by Crippen LogP contribution is -2.62. The second-order valence-electron chi connectivity index (χ2n) is 9.75. The summed E-state index contributed by atoms with van der Waals surface area (Å²) in [5.74, 6) is -1.39. The molecule has 192 valence electrons. The van der Waals surface area contributed by atoms with Crippen LogP contribution in [0, 0.1) is 0 Å². The van der Waals surface area contributed by atoms with Crippen LogP contribution in [0.2, 0.25) is 0 Å². The van der Waals surface area contributed by atoms with Crippen molar-refractivity contribution in [2.24, 2.45) is 0 Å². The van der Waals surface area contributed by atoms with Crippen LogP contribution in [0.4, 0.5) is 5.69 Å². The van der Waals surface area contributed by atoms with Crippen LogP contribution in [-0.2, 0) is 23.9 Å². The molecule has 0 saturated carbocycles. The first-order valence-electron chi connectivity index (χ1n) is 12.5. The molecule has 11 nitrogen and oxygen atoms in total. The van der Waals surface area contributed by atoms with Crippen LogP contribution in [0.5, 0.6) is 0 Å². The van der Waals surface area contributed by atoms with Gasteiger partial charge in [0, 0.05) is 58.7 Å². The fourth-order valence-electron chi connectivity index (χ4n) is 5.60. The standard InChI is InChI=1S/C25H31N5O6/c1-25-8-6-21(32)30(25)19-5-3-2-4-18(19)22(33)29(25)9-7-20(31)26-10-12-27(13-11-26)23(34)24(35)28-14-16-36-17-15-28/h2-5H,6-17H2,1H3. The van der Waals surface area contributed by atoms with E-state index in [9.17, 15) is 24.0 Å². The van der Waals surface area contributed by atoms with Gasteiger partial charge in [-0.15, -0.1) is 0 Å². The van der Waals surface area contributed by atoms with Gasteiger partial charge in [-0.05, 0) is 25.5 Å². The van der Waals surface area contributed by atoms with Crippen molar-refractivity contribution in [1.82, 2.24) is 19.6 Å². The van der Waals surface area contributed by atoms with E-state index in [1.165, 1.54) is 9.80 Å². The lowest BCUT2D eigenvalue weighted by Gasteiger charge is -2.48. The maximum Gasteiger partial charge on any atom is 0.312 e. The number of anilines is 1. The number of amides is 5. The largest absolute Gasteiger partial charge is 0.378 e. The van der Waals surface area contributed by atoms with Crippen LogP contribution in [0.3, 0.4) is 0 Å². The molecule has 3 saturated heterocycles. The zero-order valence-electron chi connectivity index (χ0n) is 20.5. The molecule has 4 aliphatic rings. The third-order valence-corrected chi connectivity index (χ3v) is 7.70. The van der Waals surface area contributed by atoms with Gasteiger partial charge in [0.1, 0.15) is 5.66 Å². The number of para-hydroxylation sites is 1. The van der Waals surface area contributed by atoms with Crippen molar-refractivity contribution in [2.75, 3.05) is 63.9 Å². The predicted octanol–water partition coefficient (Wildman–Crippen LogP) is -0.0949. The highest BCUT2D eigenvalue weighted by atomic mass is 16.5. The third-order valence-electron chi connectivity index (χ3n) is 7.70. The molecule has 0 radical (unpaired) electrons. The van der Waals surface area contributed by atoms with E-state index in [-0.39, 0.29) is 43.8 Å². The van der Waals surface area contributed by atoms with Gasteiger partial charge in [-0.2, -0.15) is 0 Å². The van der Waals surface area contributed by atoms with Crippen molar-refractivity contribution in [3.8, 4) is 0 Å². The highest BCUT2D eigenvalue weighted by molar-refractivity contribution is 6.35. The average molecular weight is 498 g/mol. The van der Waals surface area contributed by atoms with Gasteiger partial charge in [-0.3, -0.25) is 28.9 Å². The Hall–Kier alpha value is -3.47. The molecule has 1 aromatic carbocycles. The normalized spacial score (nSPS) is 24.1. The number of fused-ring (bicyclic) bond motifs is 3. The first-order valence-corrected chi connectivity index (χ1v) is 12.5. The molecule has 36 heavy (non-hydrogen) atoms. The summed E-state index contributed by atoms with van der Waals surface area (Å²) in [6, 6.07) is 7.10. The van der Waals surface area contributed by atoms with Crippen molar-refractivity contribution in [3.05, 3.63) is 29.8 Å². The van der Waals surface area contributed by atoms with E-state index in [4.69, 9.17) is 4.74 Å². The van der Waals surface area contributed by atoms with Crippen molar-refractivity contribution in [2.45, 2.75) is 31.8 Å². The Morgan fingerprint density at radius 2 is 1.50 bits per heavy atom. The molecule has 0 bridgehead atoms. The van der Waals surface area contributed by atoms with Crippen molar-refractivity contribution < 1.29 is 28.7 Å². The van der Waals surface area contributed by atoms with Crippen LogP contribution in [0.25, 0.3) is 0 Å². The Bertz CT molecular complexity index is 1090. The lowest BCUT2D eigenvalue weighted by molar-refractivity contribution is -0.155. The van der Waals surface area contributed by atoms with Crippen LogP contribution >= 0.6 is 0 Å². The van der Waals surface area contributed by atoms with E-state index in [2.05, 4.69) is 0 Å². The van der Waals surface area contributed by atoms with Crippen molar-refractivity contribution >= 4 is 35.2 Å². The Balaban J connectivity index is 1.19. The lowest BCUT2D eigenvalue weighted by atomic mass is 9.98. The molecule has 3 fully saturated rings. The van der Waals surface area contributed by atoms with E-state index in [1.54, 1.807) is 32.9 Å². The van der Waals surface area contributed by atoms with Gasteiger partial charge in [-0.1, -0.05) is 12.1 Å². The minimum atomic E-state index is -0.798. The number of benzene rings is 1. The molecule has 4 heterocycles. The topological polar surface area (TPSA) is 111 Å². The Morgan fingerprint density at radius 3 is 2.19 bits per heavy atom. The number of morpholine rings is 1. The van der Waals surface area contributed by atoms with Gasteiger partial charge < -0.3 is 24.3 Å². The van der Waals surface area contributed by atoms with E-state index in [0.717, 1.165) is 0 Å². The smallest absolute Gasteiger partial charge is 0.312 e. The number of carbonyl (C=O) groups is 5. The zero-order chi connectivity index (χ0) is 25.4. The van der Waals surface area contributed by atoms with Gasteiger partial charge in [0.2, 0.25) is 11.8 Å². The summed E-state index contributed by atoms with van der Waals surface area (Å²) in [7, 11) is 0. The van der Waals surface area contributed by atoms with E-state index >= 15 is 0 Å². The van der Waals surface area contributed by atoms with Crippen LogP contribution in [0.15, 0.2) is 24.3 Å². The SMILES string of the molecule is CC12CCC(=O)N1c1ccccc1C(=O)N2CCC(=O)N1CCN(C(=O)C(=O)N2CCOCC2)CC1. The molecular formula is C25H31N5O6. The maximum atomic E-state index is 13.3. The monoisotopic (exact) mass is 497 g/mol. The van der Waals surface area contributed by atoms with E-state index in [1.807, 2.05) is 13.0 Å². The summed E-state index contributed by atoms with van der Waals surface area (Å²) in [6.45, 7) is 4.99. The van der Waals surface area contributed by atoms with Gasteiger partial charge in [0.05, 0.1) is 24.5 Å². The highest BCUT2D eigenvalue weighted by Gasteiger charge is 2.52. The maximum absolute atomic E-state index is 13.3. The number of carbonyl (C=O) groups excluding carboxylic acids is 5. The fourth-order valence-corrected chi connectivity index (χ4v) is 5.60. The van der Waals surface area contributed by atoms with Crippen LogP contribution in [-0.4, -0.2) is 114 Å². The summed E-state index contributed by atoms with van der Waals surface area (Å²) in [5, 5.41) is 0. The fraction of sp³-hybridized carbons (Fsp3) is 0.560. The molecule has 0 aromatic heterocycles. The minimum Gasteiger partial charge on any atom is -0.378 e. The number of hydrogen-bond acceptors (Lipinski definition) is 6. The van der Waals surface area contributed by atoms with Crippen LogP contribution in [0.1, 0.15) is 36.5 Å². The molecule has 11 heteroatoms. The predicted molar refractivity (Wildman–Crippen MR) is 128 cm³/mol. The first kappa shape index (κ1) is 24.2. The second kappa shape index (κ2) is 9.53. The first-order chi connectivity index (χ1) is 17.3. The van der Waals surface area contributed by atoms with Gasteiger partial charge in [-0.25, -0.2) is 0 Å². The van der Waals surface area contributed by atoms with E-state index < -0.39 is 17.5 Å². The number of ether oxygens (including phenoxy) is 1. The highest BCUT2D eigenvalue weighted by Crippen LogP contribution is 2.44. The molecule has 5 amide bonds. The van der Waals surface area contributed by atoms with Gasteiger partial charge >= 0.3 is 11.8 Å². The molecule has 4 aliphatic heterocycles. The summed E-state index contributed by atoms with van der Waals surface area (Å²) in [6.07, 6.45) is 0.978. The number of nitrogens with zero attached hydrogens (tertiary/aromatic N) is 5. The van der Waals surface area contributed by atoms with Crippen molar-refractivity contribution in [3.63, 3.8) is 0 Å². The summed E-state index contributed by atoms with van der Waals surface area (Å²) >= 11 is 0. The van der Waals surface area contributed by atoms with Gasteiger partial charge in [0.15, 0.2) is 0 Å². The van der Waals surface area contributed by atoms with Gasteiger partial charge in [0.25, 0.3) is 5.91 Å². The third kappa shape index (κ3) is 4.11. The Kier molecular flexibility index (Phi) is 6.42. The van der Waals surface area contributed by atoms with Crippen LogP contribution < -0.4 is 4.90 Å². The molecular weight excluding hydrogens is 466 g/mol. The van der Waals surface area contributed by atoms with E-state index in [0.29, 0.717) is 63.5 Å². The number of piperazine rings is 1. The Morgan fingerprint density at radius 1 is 0.889 bits per heavy atom. The number of hydrogen-bond donors (Lipinski definition) is 0. The number of rotatable bonds is 3. The molecule has 1 unspecified atom stereocenters. The second-order valence-corrected chi connectivity index (χ2v) is 9.75. The minimum absolute atomic E-state index is 0.0267. The summed E-state index contributed by atoms with van der Waals surface area (Å²) in [4.78, 5) is 72.2. The van der Waals surface area contributed by atoms with Crippen molar-refractivity contribution in [1.29, 1.82) is 0 Å². The average Bonchev–Trinajstić information content (AvgIpc) is 3.22. The molecule has 1 aromatic rings. The summed E-state index contributed by atoms with van der Waals surface area (Å²) < 4.78 is 5.23. The molecule has 0 N–H and O–H groups in total.